The van der Waals surface area contributed by atoms with E-state index < -0.39 is 0 Å². The van der Waals surface area contributed by atoms with Crippen molar-refractivity contribution in [1.82, 2.24) is 10.2 Å². The lowest BCUT2D eigenvalue weighted by Gasteiger charge is -2.12. The minimum atomic E-state index is 0.336. The van der Waals surface area contributed by atoms with E-state index in [0.29, 0.717) is 5.92 Å². The van der Waals surface area contributed by atoms with Gasteiger partial charge in [0.1, 0.15) is 5.69 Å². The van der Waals surface area contributed by atoms with Gasteiger partial charge in [0.05, 0.1) is 10.6 Å². The van der Waals surface area contributed by atoms with Gasteiger partial charge in [-0.2, -0.15) is 5.10 Å². The van der Waals surface area contributed by atoms with E-state index in [1.807, 2.05) is 0 Å². The van der Waals surface area contributed by atoms with Crippen molar-refractivity contribution in [3.63, 3.8) is 0 Å². The first-order chi connectivity index (χ1) is 12.7. The average Bonchev–Trinajstić information content (AvgIpc) is 3.09. The van der Waals surface area contributed by atoms with E-state index in [1.54, 1.807) is 11.3 Å². The smallest absolute Gasteiger partial charge is 0.111 e. The van der Waals surface area contributed by atoms with Gasteiger partial charge in [-0.25, -0.2) is 0 Å². The van der Waals surface area contributed by atoms with E-state index in [0.717, 1.165) is 11.4 Å². The fourth-order valence-corrected chi connectivity index (χ4v) is 4.63. The molecule has 0 bridgehead atoms. The quantitative estimate of drug-likeness (QED) is 0.326. The van der Waals surface area contributed by atoms with Crippen molar-refractivity contribution in [3.8, 4) is 10.6 Å². The highest BCUT2D eigenvalue weighted by Crippen LogP contribution is 2.38. The van der Waals surface area contributed by atoms with Gasteiger partial charge in [-0.3, -0.25) is 0 Å². The zero-order valence-corrected chi connectivity index (χ0v) is 15.5. The Morgan fingerprint density at radius 3 is 2.08 bits per heavy atom. The lowest BCUT2D eigenvalue weighted by molar-refractivity contribution is 0.801. The van der Waals surface area contributed by atoms with E-state index in [2.05, 4.69) is 90.8 Å². The van der Waals surface area contributed by atoms with Gasteiger partial charge in [-0.1, -0.05) is 56.3 Å². The third-order valence-corrected chi connectivity index (χ3v) is 6.00. The van der Waals surface area contributed by atoms with E-state index in [-0.39, 0.29) is 0 Å². The van der Waals surface area contributed by atoms with Crippen LogP contribution >= 0.6 is 11.3 Å². The van der Waals surface area contributed by atoms with Gasteiger partial charge >= 0.3 is 0 Å². The molecule has 0 fully saturated rings. The molecule has 0 atom stereocenters. The van der Waals surface area contributed by atoms with Crippen LogP contribution in [0.15, 0.2) is 66.7 Å². The predicted molar refractivity (Wildman–Crippen MR) is 112 cm³/mol. The fourth-order valence-electron chi connectivity index (χ4n) is 3.57. The monoisotopic (exact) mass is 354 g/mol. The molecule has 0 unspecified atom stereocenters. The van der Waals surface area contributed by atoms with E-state index in [4.69, 9.17) is 0 Å². The van der Waals surface area contributed by atoms with Crippen molar-refractivity contribution in [2.45, 2.75) is 19.8 Å². The first kappa shape index (κ1) is 15.5. The number of hydrogen-bond acceptors (Lipinski definition) is 3. The number of hydrogen-bond donors (Lipinski definition) is 0. The summed E-state index contributed by atoms with van der Waals surface area (Å²) in [6, 6.07) is 23.8. The summed E-state index contributed by atoms with van der Waals surface area (Å²) in [5.41, 5.74) is 2.05. The highest BCUT2D eigenvalue weighted by molar-refractivity contribution is 7.22. The molecule has 2 nitrogen and oxygen atoms in total. The molecule has 0 amide bonds. The number of rotatable bonds is 2. The third-order valence-electron chi connectivity index (χ3n) is 4.88. The standard InChI is InChI=1S/C23H18N2S/c1-14(2)22-18-11-15-7-3-4-8-16(15)12-19(18)23(25-24-22)21-13-17-9-5-6-10-20(17)26-21/h3-14H,1-2H3. The van der Waals surface area contributed by atoms with Crippen LogP contribution in [0.2, 0.25) is 0 Å². The minimum Gasteiger partial charge on any atom is -0.154 e. The van der Waals surface area contributed by atoms with Gasteiger partial charge < -0.3 is 0 Å². The summed E-state index contributed by atoms with van der Waals surface area (Å²) in [6.45, 7) is 4.36. The zero-order chi connectivity index (χ0) is 17.7. The molecule has 2 aromatic heterocycles. The lowest BCUT2D eigenvalue weighted by atomic mass is 9.97. The second-order valence-electron chi connectivity index (χ2n) is 6.98. The Balaban J connectivity index is 1.87. The Morgan fingerprint density at radius 1 is 0.731 bits per heavy atom. The van der Waals surface area contributed by atoms with Crippen molar-refractivity contribution in [3.05, 3.63) is 72.4 Å². The predicted octanol–water partition coefficient (Wildman–Crippen LogP) is 6.79. The number of aromatic nitrogens is 2. The van der Waals surface area contributed by atoms with Gasteiger partial charge in [-0.05, 0) is 46.3 Å². The molecule has 3 heteroatoms. The molecule has 5 rings (SSSR count). The van der Waals surface area contributed by atoms with Crippen LogP contribution in [0.1, 0.15) is 25.5 Å². The van der Waals surface area contributed by atoms with Crippen LogP contribution in [-0.2, 0) is 0 Å². The second-order valence-corrected chi connectivity index (χ2v) is 8.07. The molecule has 5 aromatic rings. The molecule has 3 aromatic carbocycles. The Bertz CT molecular complexity index is 1230. The van der Waals surface area contributed by atoms with E-state index in [9.17, 15) is 0 Å². The maximum atomic E-state index is 4.66. The molecule has 2 heterocycles. The van der Waals surface area contributed by atoms with E-state index >= 15 is 0 Å². The van der Waals surface area contributed by atoms with Crippen molar-refractivity contribution in [2.75, 3.05) is 0 Å². The number of thiophene rings is 1. The van der Waals surface area contributed by atoms with Crippen LogP contribution in [0.5, 0.6) is 0 Å². The minimum absolute atomic E-state index is 0.336. The van der Waals surface area contributed by atoms with Crippen molar-refractivity contribution >= 4 is 43.0 Å². The number of nitrogens with zero attached hydrogens (tertiary/aromatic N) is 2. The summed E-state index contributed by atoms with van der Waals surface area (Å²) in [5.74, 6) is 0.336. The molecule has 0 radical (unpaired) electrons. The van der Waals surface area contributed by atoms with Crippen molar-refractivity contribution in [1.29, 1.82) is 0 Å². The Kier molecular flexibility index (Phi) is 3.50. The summed E-state index contributed by atoms with van der Waals surface area (Å²) in [5, 5.41) is 15.4. The lowest BCUT2D eigenvalue weighted by Crippen LogP contribution is -1.99. The molecule has 26 heavy (non-hydrogen) atoms. The number of benzene rings is 3. The molecule has 0 spiro atoms. The molecule has 0 aliphatic rings. The second kappa shape index (κ2) is 5.89. The van der Waals surface area contributed by atoms with Crippen LogP contribution in [0, 0.1) is 0 Å². The van der Waals surface area contributed by atoms with Gasteiger partial charge in [0.25, 0.3) is 0 Å². The normalized spacial score (nSPS) is 11.8. The molecule has 0 aliphatic carbocycles. The number of fused-ring (bicyclic) bond motifs is 3. The molecule has 0 saturated heterocycles. The summed E-state index contributed by atoms with van der Waals surface area (Å²) in [7, 11) is 0. The van der Waals surface area contributed by atoms with Gasteiger partial charge in [0.2, 0.25) is 0 Å². The maximum absolute atomic E-state index is 4.66. The highest BCUT2D eigenvalue weighted by atomic mass is 32.1. The fraction of sp³-hybridized carbons (Fsp3) is 0.130. The zero-order valence-electron chi connectivity index (χ0n) is 14.7. The first-order valence-electron chi connectivity index (χ1n) is 8.89. The van der Waals surface area contributed by atoms with Gasteiger partial charge in [-0.15, -0.1) is 16.4 Å². The van der Waals surface area contributed by atoms with Crippen molar-refractivity contribution < 1.29 is 0 Å². The van der Waals surface area contributed by atoms with Gasteiger partial charge in [0, 0.05) is 15.5 Å². The molecule has 0 aliphatic heterocycles. The van der Waals surface area contributed by atoms with Crippen LogP contribution in [0.4, 0.5) is 0 Å². The highest BCUT2D eigenvalue weighted by Gasteiger charge is 2.16. The van der Waals surface area contributed by atoms with Crippen LogP contribution in [-0.4, -0.2) is 10.2 Å². The SMILES string of the molecule is CC(C)c1nnc(-c2cc3ccccc3s2)c2cc3ccccc3cc12. The first-order valence-corrected chi connectivity index (χ1v) is 9.70. The molecule has 126 valence electrons. The topological polar surface area (TPSA) is 25.8 Å². The summed E-state index contributed by atoms with van der Waals surface area (Å²) >= 11 is 1.78. The molecular weight excluding hydrogens is 336 g/mol. The van der Waals surface area contributed by atoms with Crippen LogP contribution < -0.4 is 0 Å². The Morgan fingerprint density at radius 2 is 1.38 bits per heavy atom. The summed E-state index contributed by atoms with van der Waals surface area (Å²) < 4.78 is 1.28. The Labute approximate surface area is 156 Å². The van der Waals surface area contributed by atoms with Crippen LogP contribution in [0.3, 0.4) is 0 Å². The molecule has 0 N–H and O–H groups in total. The van der Waals surface area contributed by atoms with Crippen molar-refractivity contribution in [2.24, 2.45) is 0 Å². The largest absolute Gasteiger partial charge is 0.154 e. The molecule has 0 saturated carbocycles. The van der Waals surface area contributed by atoms with E-state index in [1.165, 1.54) is 36.5 Å². The van der Waals surface area contributed by atoms with Gasteiger partial charge in [0.15, 0.2) is 0 Å². The third kappa shape index (κ3) is 2.39. The molecular formula is C23H18N2S. The summed E-state index contributed by atoms with van der Waals surface area (Å²) in [6.07, 6.45) is 0. The average molecular weight is 354 g/mol. The maximum Gasteiger partial charge on any atom is 0.111 e. The summed E-state index contributed by atoms with van der Waals surface area (Å²) in [4.78, 5) is 1.18. The van der Waals surface area contributed by atoms with Crippen LogP contribution in [0.25, 0.3) is 42.2 Å². The Hall–Kier alpha value is -2.78.